The van der Waals surface area contributed by atoms with E-state index in [0.717, 1.165) is 25.9 Å². The molecule has 0 aromatic rings. The molecule has 0 saturated carbocycles. The largest absolute Gasteiger partial charge is 0.378 e. The molecule has 1 saturated heterocycles. The van der Waals surface area contributed by atoms with Crippen molar-refractivity contribution >= 4 is 5.91 Å². The lowest BCUT2D eigenvalue weighted by Crippen LogP contribution is -2.44. The number of nitrogens with one attached hydrogen (secondary N) is 1. The molecule has 1 aliphatic heterocycles. The molecular formula is C11H22N2O2. The lowest BCUT2D eigenvalue weighted by molar-refractivity contribution is -0.123. The number of hydrogen-bond donors (Lipinski definition) is 2. The number of hydrogen-bond acceptors (Lipinski definition) is 3. The van der Waals surface area contributed by atoms with Crippen LogP contribution in [0.4, 0.5) is 0 Å². The number of carbonyl (C=O) groups is 1. The molecule has 3 N–H and O–H groups in total. The standard InChI is InChI=1S/C11H22N2O2/c1-8(2)10(12)11(14)13-6-5-9-4-3-7-15-9/h8-10H,3-7,12H2,1-2H3,(H,13,14). The van der Waals surface area contributed by atoms with Gasteiger partial charge in [-0.3, -0.25) is 4.79 Å². The van der Waals surface area contributed by atoms with E-state index in [0.29, 0.717) is 12.6 Å². The molecule has 1 rings (SSSR count). The molecule has 0 aromatic heterocycles. The molecule has 0 bridgehead atoms. The second-order valence-corrected chi connectivity index (χ2v) is 4.48. The maximum absolute atomic E-state index is 11.5. The minimum Gasteiger partial charge on any atom is -0.378 e. The van der Waals surface area contributed by atoms with Crippen LogP contribution in [-0.4, -0.2) is 31.2 Å². The lowest BCUT2D eigenvalue weighted by atomic mass is 10.0. The Morgan fingerprint density at radius 1 is 1.60 bits per heavy atom. The highest BCUT2D eigenvalue weighted by Crippen LogP contribution is 2.14. The van der Waals surface area contributed by atoms with E-state index < -0.39 is 6.04 Å². The fraction of sp³-hybridized carbons (Fsp3) is 0.909. The van der Waals surface area contributed by atoms with E-state index in [1.165, 1.54) is 0 Å². The Bertz CT molecular complexity index is 201. The van der Waals surface area contributed by atoms with Gasteiger partial charge in [0, 0.05) is 13.2 Å². The Kier molecular flexibility index (Phi) is 5.05. The molecule has 4 nitrogen and oxygen atoms in total. The van der Waals surface area contributed by atoms with Gasteiger partial charge in [0.05, 0.1) is 12.1 Å². The van der Waals surface area contributed by atoms with Gasteiger partial charge in [0.25, 0.3) is 0 Å². The van der Waals surface area contributed by atoms with Crippen LogP contribution in [0.1, 0.15) is 33.1 Å². The maximum atomic E-state index is 11.5. The summed E-state index contributed by atoms with van der Waals surface area (Å²) in [5.41, 5.74) is 5.71. The number of rotatable bonds is 5. The molecule has 0 radical (unpaired) electrons. The van der Waals surface area contributed by atoms with Gasteiger partial charge in [-0.05, 0) is 25.2 Å². The number of nitrogens with two attached hydrogens (primary N) is 1. The normalized spacial score (nSPS) is 23.1. The Morgan fingerprint density at radius 2 is 2.33 bits per heavy atom. The van der Waals surface area contributed by atoms with Crippen molar-refractivity contribution in [3.8, 4) is 0 Å². The second kappa shape index (κ2) is 6.08. The van der Waals surface area contributed by atoms with Crippen molar-refractivity contribution in [3.63, 3.8) is 0 Å². The van der Waals surface area contributed by atoms with Crippen LogP contribution in [0.3, 0.4) is 0 Å². The van der Waals surface area contributed by atoms with Crippen LogP contribution in [0.5, 0.6) is 0 Å². The molecular weight excluding hydrogens is 192 g/mol. The molecule has 2 atom stereocenters. The minimum atomic E-state index is -0.394. The molecule has 2 unspecified atom stereocenters. The van der Waals surface area contributed by atoms with Gasteiger partial charge >= 0.3 is 0 Å². The van der Waals surface area contributed by atoms with E-state index in [4.69, 9.17) is 10.5 Å². The first kappa shape index (κ1) is 12.5. The fourth-order valence-corrected chi connectivity index (χ4v) is 1.65. The van der Waals surface area contributed by atoms with Crippen molar-refractivity contribution in [2.24, 2.45) is 11.7 Å². The molecule has 0 aromatic carbocycles. The summed E-state index contributed by atoms with van der Waals surface area (Å²) in [7, 11) is 0. The van der Waals surface area contributed by atoms with Crippen LogP contribution < -0.4 is 11.1 Å². The molecule has 15 heavy (non-hydrogen) atoms. The van der Waals surface area contributed by atoms with Crippen molar-refractivity contribution in [1.82, 2.24) is 5.32 Å². The topological polar surface area (TPSA) is 64.4 Å². The van der Waals surface area contributed by atoms with Gasteiger partial charge in [0.15, 0.2) is 0 Å². The van der Waals surface area contributed by atoms with E-state index in [-0.39, 0.29) is 11.8 Å². The third kappa shape index (κ3) is 4.18. The first-order valence-corrected chi connectivity index (χ1v) is 5.76. The molecule has 0 spiro atoms. The summed E-state index contributed by atoms with van der Waals surface area (Å²) < 4.78 is 5.46. The van der Waals surface area contributed by atoms with Gasteiger partial charge in [-0.1, -0.05) is 13.8 Å². The van der Waals surface area contributed by atoms with Crippen molar-refractivity contribution in [2.75, 3.05) is 13.2 Å². The summed E-state index contributed by atoms with van der Waals surface area (Å²) >= 11 is 0. The lowest BCUT2D eigenvalue weighted by Gasteiger charge is -2.16. The minimum absolute atomic E-state index is 0.0528. The van der Waals surface area contributed by atoms with Crippen LogP contribution in [-0.2, 0) is 9.53 Å². The Balaban J connectivity index is 2.11. The predicted octanol–water partition coefficient (Wildman–Crippen LogP) is 0.655. The average molecular weight is 214 g/mol. The van der Waals surface area contributed by atoms with Crippen LogP contribution in [0.2, 0.25) is 0 Å². The van der Waals surface area contributed by atoms with E-state index in [1.54, 1.807) is 0 Å². The quantitative estimate of drug-likeness (QED) is 0.706. The summed E-state index contributed by atoms with van der Waals surface area (Å²) in [5.74, 6) is 0.135. The molecule has 1 fully saturated rings. The van der Waals surface area contributed by atoms with Crippen LogP contribution in [0.15, 0.2) is 0 Å². The molecule has 0 aliphatic carbocycles. The fourth-order valence-electron chi connectivity index (χ4n) is 1.65. The second-order valence-electron chi connectivity index (χ2n) is 4.48. The third-order valence-electron chi connectivity index (χ3n) is 2.81. The summed E-state index contributed by atoms with van der Waals surface area (Å²) in [6.07, 6.45) is 3.49. The van der Waals surface area contributed by atoms with Crippen LogP contribution in [0, 0.1) is 5.92 Å². The predicted molar refractivity (Wildman–Crippen MR) is 59.4 cm³/mol. The highest BCUT2D eigenvalue weighted by Gasteiger charge is 2.18. The zero-order valence-electron chi connectivity index (χ0n) is 9.66. The molecule has 1 aliphatic rings. The van der Waals surface area contributed by atoms with Gasteiger partial charge in [0.2, 0.25) is 5.91 Å². The number of ether oxygens (including phenoxy) is 1. The number of amides is 1. The van der Waals surface area contributed by atoms with Gasteiger partial charge in [0.1, 0.15) is 0 Å². The highest BCUT2D eigenvalue weighted by molar-refractivity contribution is 5.81. The maximum Gasteiger partial charge on any atom is 0.237 e. The summed E-state index contributed by atoms with van der Waals surface area (Å²) in [6.45, 7) is 5.43. The summed E-state index contributed by atoms with van der Waals surface area (Å²) in [6, 6.07) is -0.394. The molecule has 4 heteroatoms. The third-order valence-corrected chi connectivity index (χ3v) is 2.81. The van der Waals surface area contributed by atoms with Crippen molar-refractivity contribution in [1.29, 1.82) is 0 Å². The Hall–Kier alpha value is -0.610. The summed E-state index contributed by atoms with van der Waals surface area (Å²) in [4.78, 5) is 11.5. The molecule has 1 heterocycles. The van der Waals surface area contributed by atoms with Crippen LogP contribution in [0.25, 0.3) is 0 Å². The monoisotopic (exact) mass is 214 g/mol. The van der Waals surface area contributed by atoms with Gasteiger partial charge < -0.3 is 15.8 Å². The molecule has 88 valence electrons. The first-order chi connectivity index (χ1) is 7.11. The van der Waals surface area contributed by atoms with Gasteiger partial charge in [-0.25, -0.2) is 0 Å². The zero-order chi connectivity index (χ0) is 11.3. The average Bonchev–Trinajstić information content (AvgIpc) is 2.69. The summed E-state index contributed by atoms with van der Waals surface area (Å²) in [5, 5.41) is 2.85. The number of carbonyl (C=O) groups excluding carboxylic acids is 1. The van der Waals surface area contributed by atoms with Crippen molar-refractivity contribution < 1.29 is 9.53 Å². The smallest absolute Gasteiger partial charge is 0.237 e. The van der Waals surface area contributed by atoms with E-state index in [9.17, 15) is 4.79 Å². The van der Waals surface area contributed by atoms with Crippen LogP contribution >= 0.6 is 0 Å². The van der Waals surface area contributed by atoms with Gasteiger partial charge in [-0.2, -0.15) is 0 Å². The highest BCUT2D eigenvalue weighted by atomic mass is 16.5. The Labute approximate surface area is 91.5 Å². The van der Waals surface area contributed by atoms with Gasteiger partial charge in [-0.15, -0.1) is 0 Å². The van der Waals surface area contributed by atoms with Crippen molar-refractivity contribution in [2.45, 2.75) is 45.3 Å². The molecule has 1 amide bonds. The zero-order valence-corrected chi connectivity index (χ0v) is 9.66. The SMILES string of the molecule is CC(C)C(N)C(=O)NCCC1CCCO1. The van der Waals surface area contributed by atoms with E-state index in [1.807, 2.05) is 13.8 Å². The van der Waals surface area contributed by atoms with E-state index in [2.05, 4.69) is 5.32 Å². The van der Waals surface area contributed by atoms with E-state index >= 15 is 0 Å². The van der Waals surface area contributed by atoms with Crippen molar-refractivity contribution in [3.05, 3.63) is 0 Å². The Morgan fingerprint density at radius 3 is 2.87 bits per heavy atom. The first-order valence-electron chi connectivity index (χ1n) is 5.76.